The molecule has 0 aliphatic carbocycles. The number of benzene rings is 1. The maximum absolute atomic E-state index is 12.0. The first-order chi connectivity index (χ1) is 9.75. The number of hydrogen-bond acceptors (Lipinski definition) is 4. The van der Waals surface area contributed by atoms with E-state index in [0.717, 1.165) is 18.7 Å². The van der Waals surface area contributed by atoms with Crippen LogP contribution >= 0.6 is 12.2 Å². The number of nitrogens with zero attached hydrogens (tertiary/aromatic N) is 2. The molecule has 3 rings (SSSR count). The molecule has 0 bridgehead atoms. The van der Waals surface area contributed by atoms with E-state index in [9.17, 15) is 4.79 Å². The summed E-state index contributed by atoms with van der Waals surface area (Å²) >= 11 is 5.41. The van der Waals surface area contributed by atoms with E-state index in [1.165, 1.54) is 0 Å². The summed E-state index contributed by atoms with van der Waals surface area (Å²) < 4.78 is 10.7. The van der Waals surface area contributed by atoms with E-state index in [2.05, 4.69) is 0 Å². The zero-order valence-electron chi connectivity index (χ0n) is 11.0. The number of carbonyl (C=O) groups excluding carboxylic acids is 1. The number of thiocarbonyl (C=S) groups is 1. The van der Waals surface area contributed by atoms with Crippen molar-refractivity contribution in [3.63, 3.8) is 0 Å². The van der Waals surface area contributed by atoms with Crippen molar-refractivity contribution in [2.75, 3.05) is 32.8 Å². The average Bonchev–Trinajstić information content (AvgIpc) is 2.90. The van der Waals surface area contributed by atoms with Gasteiger partial charge in [0.2, 0.25) is 0 Å². The Morgan fingerprint density at radius 2 is 1.90 bits per heavy atom. The van der Waals surface area contributed by atoms with Gasteiger partial charge in [0, 0.05) is 13.1 Å². The molecule has 106 valence electrons. The molecule has 0 N–H and O–H groups in total. The van der Waals surface area contributed by atoms with Crippen LogP contribution < -0.4 is 0 Å². The molecule has 2 saturated heterocycles. The molecule has 2 aliphatic rings. The lowest BCUT2D eigenvalue weighted by Gasteiger charge is -2.31. The summed E-state index contributed by atoms with van der Waals surface area (Å²) in [7, 11) is 0. The van der Waals surface area contributed by atoms with Gasteiger partial charge in [-0.25, -0.2) is 9.69 Å². The van der Waals surface area contributed by atoms with Crippen LogP contribution in [0.25, 0.3) is 0 Å². The normalized spacial score (nSPS) is 22.8. The predicted octanol–water partition coefficient (Wildman–Crippen LogP) is 1.80. The third-order valence-electron chi connectivity index (χ3n) is 3.50. The van der Waals surface area contributed by atoms with Crippen LogP contribution in [-0.2, 0) is 9.47 Å². The van der Waals surface area contributed by atoms with Crippen molar-refractivity contribution in [2.45, 2.75) is 6.10 Å². The average molecular weight is 292 g/mol. The first-order valence-corrected chi connectivity index (χ1v) is 7.06. The number of rotatable bonds is 1. The van der Waals surface area contributed by atoms with Gasteiger partial charge in [-0.15, -0.1) is 0 Å². The largest absolute Gasteiger partial charge is 0.439 e. The Labute approximate surface area is 123 Å². The van der Waals surface area contributed by atoms with Crippen molar-refractivity contribution < 1.29 is 14.3 Å². The van der Waals surface area contributed by atoms with Crippen molar-refractivity contribution in [1.29, 1.82) is 0 Å². The Hall–Kier alpha value is -1.66. The first kappa shape index (κ1) is 13.3. The highest BCUT2D eigenvalue weighted by Crippen LogP contribution is 2.26. The van der Waals surface area contributed by atoms with Gasteiger partial charge < -0.3 is 14.4 Å². The summed E-state index contributed by atoms with van der Waals surface area (Å²) in [6, 6.07) is 9.73. The lowest BCUT2D eigenvalue weighted by atomic mass is 10.1. The van der Waals surface area contributed by atoms with Gasteiger partial charge in [0.15, 0.2) is 5.11 Å². The fraction of sp³-hybridized carbons (Fsp3) is 0.429. The standard InChI is InChI=1S/C14H16N2O3S/c17-14-16(13(20)15-6-8-18-9-7-15)10-12(19-14)11-4-2-1-3-5-11/h1-5,12H,6-10H2. The van der Waals surface area contributed by atoms with E-state index < -0.39 is 0 Å². The minimum Gasteiger partial charge on any atom is -0.439 e. The number of hydrogen-bond donors (Lipinski definition) is 0. The van der Waals surface area contributed by atoms with E-state index >= 15 is 0 Å². The van der Waals surface area contributed by atoms with Gasteiger partial charge in [-0.05, 0) is 17.8 Å². The predicted molar refractivity (Wildman–Crippen MR) is 77.4 cm³/mol. The van der Waals surface area contributed by atoms with Gasteiger partial charge in [0.25, 0.3) is 0 Å². The molecule has 6 heteroatoms. The molecule has 0 saturated carbocycles. The Bertz CT molecular complexity index is 502. The molecule has 2 heterocycles. The Kier molecular flexibility index (Phi) is 3.84. The third kappa shape index (κ3) is 2.62. The van der Waals surface area contributed by atoms with E-state index in [-0.39, 0.29) is 12.2 Å². The third-order valence-corrected chi connectivity index (χ3v) is 3.97. The van der Waals surface area contributed by atoms with Crippen LogP contribution in [0.1, 0.15) is 11.7 Å². The van der Waals surface area contributed by atoms with Gasteiger partial charge >= 0.3 is 6.09 Å². The van der Waals surface area contributed by atoms with E-state index in [1.54, 1.807) is 4.90 Å². The van der Waals surface area contributed by atoms with Crippen LogP contribution in [0.4, 0.5) is 4.79 Å². The Balaban J connectivity index is 1.69. The molecule has 1 aromatic rings. The summed E-state index contributed by atoms with van der Waals surface area (Å²) in [5.41, 5.74) is 0.994. The zero-order valence-corrected chi connectivity index (χ0v) is 11.8. The summed E-state index contributed by atoms with van der Waals surface area (Å²) in [4.78, 5) is 15.5. The smallest absolute Gasteiger partial charge is 0.416 e. The molecule has 2 fully saturated rings. The minimum absolute atomic E-state index is 0.248. The van der Waals surface area contributed by atoms with Gasteiger partial charge in [0.1, 0.15) is 6.10 Å². The monoisotopic (exact) mass is 292 g/mol. The Morgan fingerprint density at radius 3 is 2.60 bits per heavy atom. The summed E-state index contributed by atoms with van der Waals surface area (Å²) in [5, 5.41) is 0.539. The molecule has 0 radical (unpaired) electrons. The molecule has 2 aliphatic heterocycles. The fourth-order valence-electron chi connectivity index (χ4n) is 2.39. The fourth-order valence-corrected chi connectivity index (χ4v) is 2.72. The molecule has 1 amide bonds. The van der Waals surface area contributed by atoms with Crippen LogP contribution in [0.15, 0.2) is 30.3 Å². The first-order valence-electron chi connectivity index (χ1n) is 6.65. The van der Waals surface area contributed by atoms with E-state index in [1.807, 2.05) is 35.2 Å². The van der Waals surface area contributed by atoms with Crippen LogP contribution in [0, 0.1) is 0 Å². The van der Waals surface area contributed by atoms with Crippen LogP contribution in [0.2, 0.25) is 0 Å². The molecule has 1 aromatic carbocycles. The molecular formula is C14H16N2O3S. The molecule has 1 atom stereocenters. The SMILES string of the molecule is O=C1OC(c2ccccc2)CN1C(=S)N1CCOCC1. The number of carbonyl (C=O) groups is 1. The van der Waals surface area contributed by atoms with Crippen molar-refractivity contribution in [3.8, 4) is 0 Å². The number of amides is 1. The second kappa shape index (κ2) is 5.76. The van der Waals surface area contributed by atoms with Gasteiger partial charge in [-0.2, -0.15) is 0 Å². The molecule has 0 aromatic heterocycles. The van der Waals surface area contributed by atoms with Crippen LogP contribution in [-0.4, -0.2) is 53.9 Å². The lowest BCUT2D eigenvalue weighted by molar-refractivity contribution is 0.0648. The molecular weight excluding hydrogens is 276 g/mol. The second-order valence-electron chi connectivity index (χ2n) is 4.78. The van der Waals surface area contributed by atoms with E-state index in [4.69, 9.17) is 21.7 Å². The van der Waals surface area contributed by atoms with Crippen LogP contribution in [0.3, 0.4) is 0 Å². The lowest BCUT2D eigenvalue weighted by Crippen LogP contribution is -2.48. The summed E-state index contributed by atoms with van der Waals surface area (Å²) in [6.07, 6.45) is -0.613. The minimum atomic E-state index is -0.365. The molecule has 20 heavy (non-hydrogen) atoms. The second-order valence-corrected chi connectivity index (χ2v) is 5.14. The number of morpholine rings is 1. The van der Waals surface area contributed by atoms with Gasteiger partial charge in [0.05, 0.1) is 19.8 Å². The zero-order chi connectivity index (χ0) is 13.9. The van der Waals surface area contributed by atoms with Crippen molar-refractivity contribution >= 4 is 23.4 Å². The van der Waals surface area contributed by atoms with Crippen molar-refractivity contribution in [1.82, 2.24) is 9.80 Å². The summed E-state index contributed by atoms with van der Waals surface area (Å²) in [6.45, 7) is 3.20. The quantitative estimate of drug-likeness (QED) is 0.738. The molecule has 0 spiro atoms. The maximum atomic E-state index is 12.0. The number of cyclic esters (lactones) is 1. The van der Waals surface area contributed by atoms with Gasteiger partial charge in [-0.3, -0.25) is 0 Å². The Morgan fingerprint density at radius 1 is 1.20 bits per heavy atom. The highest BCUT2D eigenvalue weighted by atomic mass is 32.1. The number of ether oxygens (including phenoxy) is 2. The highest BCUT2D eigenvalue weighted by molar-refractivity contribution is 7.80. The highest BCUT2D eigenvalue weighted by Gasteiger charge is 2.36. The van der Waals surface area contributed by atoms with E-state index in [0.29, 0.717) is 24.9 Å². The molecule has 1 unspecified atom stereocenters. The summed E-state index contributed by atoms with van der Waals surface area (Å²) in [5.74, 6) is 0. The van der Waals surface area contributed by atoms with Crippen molar-refractivity contribution in [3.05, 3.63) is 35.9 Å². The van der Waals surface area contributed by atoms with Crippen LogP contribution in [0.5, 0.6) is 0 Å². The van der Waals surface area contributed by atoms with Gasteiger partial charge in [-0.1, -0.05) is 30.3 Å². The topological polar surface area (TPSA) is 42.0 Å². The molecule has 5 nitrogen and oxygen atoms in total. The van der Waals surface area contributed by atoms with Crippen molar-refractivity contribution in [2.24, 2.45) is 0 Å². The maximum Gasteiger partial charge on any atom is 0.416 e.